The minimum atomic E-state index is -0.0625. The number of Topliss-reactive ketones (excluding diaryl/α,β-unsaturated/α-hetero) is 4. The van der Waals surface area contributed by atoms with Gasteiger partial charge in [0.25, 0.3) is 0 Å². The number of ketones is 4. The molecule has 1 unspecified atom stereocenters. The zero-order valence-electron chi connectivity index (χ0n) is 13.8. The topological polar surface area (TPSA) is 80.3 Å². The molecule has 118 valence electrons. The van der Waals surface area contributed by atoms with Crippen LogP contribution in [0, 0.1) is 5.92 Å². The van der Waals surface area contributed by atoms with Crippen LogP contribution in [-0.2, 0) is 19.2 Å². The van der Waals surface area contributed by atoms with Crippen molar-refractivity contribution in [2.24, 2.45) is 5.92 Å². The number of hydrogen-bond acceptors (Lipinski definition) is 5. The molecule has 5 nitrogen and oxygen atoms in total. The molecule has 0 spiro atoms. The van der Waals surface area contributed by atoms with Gasteiger partial charge < -0.3 is 5.32 Å². The van der Waals surface area contributed by atoms with Crippen molar-refractivity contribution < 1.29 is 19.2 Å². The predicted molar refractivity (Wildman–Crippen MR) is 80.7 cm³/mol. The van der Waals surface area contributed by atoms with Gasteiger partial charge in [0.2, 0.25) is 0 Å². The maximum absolute atomic E-state index is 10.4. The van der Waals surface area contributed by atoms with Gasteiger partial charge >= 0.3 is 0 Å². The number of carbonyl (C=O) groups excluding carboxylic acids is 4. The molecule has 20 heavy (non-hydrogen) atoms. The van der Waals surface area contributed by atoms with Crippen LogP contribution in [0.25, 0.3) is 0 Å². The minimum Gasteiger partial charge on any atom is -0.313 e. The fourth-order valence-corrected chi connectivity index (χ4v) is 0.887. The molecule has 0 heterocycles. The van der Waals surface area contributed by atoms with Crippen LogP contribution in [-0.4, -0.2) is 36.7 Å². The van der Waals surface area contributed by atoms with Crippen LogP contribution in [0.3, 0.4) is 0 Å². The van der Waals surface area contributed by atoms with E-state index < -0.39 is 0 Å². The van der Waals surface area contributed by atoms with Gasteiger partial charge in [0, 0.05) is 5.92 Å². The van der Waals surface area contributed by atoms with Crippen LogP contribution in [0.4, 0.5) is 0 Å². The monoisotopic (exact) mass is 287 g/mol. The van der Waals surface area contributed by atoms with E-state index in [0.717, 1.165) is 6.42 Å². The first-order valence-electron chi connectivity index (χ1n) is 6.71. The smallest absolute Gasteiger partial charge is 0.143 e. The fourth-order valence-electron chi connectivity index (χ4n) is 0.887. The summed E-state index contributed by atoms with van der Waals surface area (Å²) in [4.78, 5) is 40.4. The van der Waals surface area contributed by atoms with E-state index in [0.29, 0.717) is 12.3 Å². The Balaban J connectivity index is -0.000000218. The van der Waals surface area contributed by atoms with Crippen molar-refractivity contribution in [1.82, 2.24) is 5.32 Å². The normalized spacial score (nSPS) is 10.2. The summed E-state index contributed by atoms with van der Waals surface area (Å²) in [5.74, 6) is 0.611. The largest absolute Gasteiger partial charge is 0.313 e. The van der Waals surface area contributed by atoms with Gasteiger partial charge in [-0.3, -0.25) is 19.2 Å². The second-order valence-electron chi connectivity index (χ2n) is 4.73. The molecular weight excluding hydrogens is 258 g/mol. The Morgan fingerprint density at radius 3 is 1.30 bits per heavy atom. The van der Waals surface area contributed by atoms with Crippen molar-refractivity contribution in [2.75, 3.05) is 13.6 Å². The van der Waals surface area contributed by atoms with Crippen molar-refractivity contribution in [3.05, 3.63) is 0 Å². The zero-order valence-corrected chi connectivity index (χ0v) is 13.8. The van der Waals surface area contributed by atoms with E-state index in [1.54, 1.807) is 20.9 Å². The lowest BCUT2D eigenvalue weighted by Gasteiger charge is -1.98. The highest BCUT2D eigenvalue weighted by Gasteiger charge is 2.01. The lowest BCUT2D eigenvalue weighted by molar-refractivity contribution is -0.125. The van der Waals surface area contributed by atoms with Crippen LogP contribution >= 0.6 is 0 Å². The SMILES string of the molecule is CC(=O)CC(C)=O.CCC(C)C(C)=O.CNCC(C)=O. The van der Waals surface area contributed by atoms with Gasteiger partial charge in [-0.15, -0.1) is 0 Å². The van der Waals surface area contributed by atoms with Gasteiger partial charge in [0.1, 0.15) is 23.1 Å². The molecule has 0 aromatic carbocycles. The first-order valence-corrected chi connectivity index (χ1v) is 6.71. The van der Waals surface area contributed by atoms with Crippen molar-refractivity contribution in [2.45, 2.75) is 54.4 Å². The molecule has 1 atom stereocenters. The summed E-state index contributed by atoms with van der Waals surface area (Å²) in [5, 5.41) is 2.72. The van der Waals surface area contributed by atoms with Gasteiger partial charge in [-0.25, -0.2) is 0 Å². The third kappa shape index (κ3) is 30.0. The second-order valence-corrected chi connectivity index (χ2v) is 4.73. The quantitative estimate of drug-likeness (QED) is 0.755. The molecule has 5 heteroatoms. The van der Waals surface area contributed by atoms with Crippen molar-refractivity contribution in [3.8, 4) is 0 Å². The third-order valence-electron chi connectivity index (χ3n) is 2.23. The molecule has 0 fully saturated rings. The van der Waals surface area contributed by atoms with Gasteiger partial charge in [0.05, 0.1) is 13.0 Å². The maximum atomic E-state index is 10.4. The summed E-state index contributed by atoms with van der Waals surface area (Å²) in [5.41, 5.74) is 0. The van der Waals surface area contributed by atoms with Crippen LogP contribution in [0.1, 0.15) is 54.4 Å². The molecule has 1 N–H and O–H groups in total. The molecule has 0 aromatic heterocycles. The van der Waals surface area contributed by atoms with E-state index in [4.69, 9.17) is 0 Å². The molecule has 0 rings (SSSR count). The molecular formula is C15H29NO4. The predicted octanol–water partition coefficient (Wildman–Crippen LogP) is 1.97. The fraction of sp³-hybridized carbons (Fsp3) is 0.733. The van der Waals surface area contributed by atoms with Gasteiger partial charge in [-0.2, -0.15) is 0 Å². The Morgan fingerprint density at radius 2 is 1.30 bits per heavy atom. The molecule has 0 radical (unpaired) electrons. The minimum absolute atomic E-state index is 0.0625. The molecule has 0 aromatic rings. The van der Waals surface area contributed by atoms with E-state index in [9.17, 15) is 19.2 Å². The maximum Gasteiger partial charge on any atom is 0.143 e. The van der Waals surface area contributed by atoms with Crippen molar-refractivity contribution in [3.63, 3.8) is 0 Å². The summed E-state index contributed by atoms with van der Waals surface area (Å²) in [7, 11) is 1.75. The third-order valence-corrected chi connectivity index (χ3v) is 2.23. The standard InChI is InChI=1S/C6H12O.C5H8O2.C4H9NO/c1-4-5(2)6(3)7;1-4(6)3-5(2)7;1-4(6)3-5-2/h5H,4H2,1-3H3;3H2,1-2H3;5H,3H2,1-2H3. The number of carbonyl (C=O) groups is 4. The number of hydrogen-bond donors (Lipinski definition) is 1. The van der Waals surface area contributed by atoms with E-state index in [2.05, 4.69) is 5.32 Å². The first kappa shape index (κ1) is 23.7. The average Bonchev–Trinajstić information content (AvgIpc) is 2.27. The Labute approximate surface area is 122 Å². The summed E-state index contributed by atoms with van der Waals surface area (Å²) in [6.07, 6.45) is 1.05. The van der Waals surface area contributed by atoms with Gasteiger partial charge in [0.15, 0.2) is 0 Å². The number of rotatable bonds is 6. The molecule has 0 aliphatic heterocycles. The zero-order chi connectivity index (χ0) is 16.7. The molecule has 0 saturated heterocycles. The van der Waals surface area contributed by atoms with E-state index in [1.807, 2.05) is 13.8 Å². The van der Waals surface area contributed by atoms with Crippen LogP contribution in [0.15, 0.2) is 0 Å². The number of nitrogens with one attached hydrogen (secondary N) is 1. The number of likely N-dealkylation sites (N-methyl/N-ethyl adjacent to an activating group) is 1. The Kier molecular flexibility index (Phi) is 18.6. The Bertz CT molecular complexity index is 299. The highest BCUT2D eigenvalue weighted by atomic mass is 16.1. The van der Waals surface area contributed by atoms with E-state index >= 15 is 0 Å². The Hall–Kier alpha value is -1.36. The van der Waals surface area contributed by atoms with Crippen LogP contribution < -0.4 is 5.32 Å². The highest BCUT2D eigenvalue weighted by Crippen LogP contribution is 1.99. The summed E-state index contributed by atoms with van der Waals surface area (Å²) >= 11 is 0. The summed E-state index contributed by atoms with van der Waals surface area (Å²) in [6.45, 7) is 10.4. The first-order chi connectivity index (χ1) is 9.08. The Morgan fingerprint density at radius 1 is 0.900 bits per heavy atom. The molecule has 0 aliphatic carbocycles. The highest BCUT2D eigenvalue weighted by molar-refractivity contribution is 5.96. The summed E-state index contributed by atoms with van der Waals surface area (Å²) < 4.78 is 0. The molecule has 0 amide bonds. The molecule has 0 bridgehead atoms. The van der Waals surface area contributed by atoms with Crippen LogP contribution in [0.2, 0.25) is 0 Å². The van der Waals surface area contributed by atoms with Crippen LogP contribution in [0.5, 0.6) is 0 Å². The van der Waals surface area contributed by atoms with Crippen molar-refractivity contribution in [1.29, 1.82) is 0 Å². The second kappa shape index (κ2) is 15.7. The lowest BCUT2D eigenvalue weighted by Crippen LogP contribution is -2.14. The molecule has 0 saturated carbocycles. The van der Waals surface area contributed by atoms with Crippen molar-refractivity contribution >= 4 is 23.1 Å². The summed E-state index contributed by atoms with van der Waals surface area (Å²) in [6, 6.07) is 0. The lowest BCUT2D eigenvalue weighted by atomic mass is 10.1. The van der Waals surface area contributed by atoms with Gasteiger partial charge in [-0.05, 0) is 41.2 Å². The molecule has 0 aliphatic rings. The average molecular weight is 287 g/mol. The van der Waals surface area contributed by atoms with E-state index in [1.165, 1.54) is 13.8 Å². The van der Waals surface area contributed by atoms with Gasteiger partial charge in [-0.1, -0.05) is 13.8 Å². The van der Waals surface area contributed by atoms with E-state index in [-0.39, 0.29) is 29.7 Å².